The van der Waals surface area contributed by atoms with Crippen LogP contribution < -0.4 is 14.8 Å². The van der Waals surface area contributed by atoms with Crippen LogP contribution in [0.5, 0.6) is 11.5 Å². The van der Waals surface area contributed by atoms with Crippen molar-refractivity contribution >= 4 is 17.7 Å². The summed E-state index contributed by atoms with van der Waals surface area (Å²) in [5.41, 5.74) is 3.92. The first-order chi connectivity index (χ1) is 15.5. The normalized spacial score (nSPS) is 10.9. The van der Waals surface area contributed by atoms with Crippen LogP contribution >= 0.6 is 0 Å². The number of para-hydroxylation sites is 2. The van der Waals surface area contributed by atoms with E-state index in [2.05, 4.69) is 10.3 Å². The fourth-order valence-electron chi connectivity index (χ4n) is 3.28. The van der Waals surface area contributed by atoms with Gasteiger partial charge in [-0.05, 0) is 79.9 Å². The summed E-state index contributed by atoms with van der Waals surface area (Å²) >= 11 is 0. The summed E-state index contributed by atoms with van der Waals surface area (Å²) in [4.78, 5) is 17.0. The van der Waals surface area contributed by atoms with Gasteiger partial charge in [-0.25, -0.2) is 0 Å². The van der Waals surface area contributed by atoms with E-state index < -0.39 is 5.91 Å². The summed E-state index contributed by atoms with van der Waals surface area (Å²) in [6.07, 6.45) is 3.30. The SMILES string of the molecule is CCOc1ccccc1NC(=O)/C(C#N)=C/c1cc(C)c(OCc2ccccn2)c(C)c1. The maximum absolute atomic E-state index is 12.7. The summed E-state index contributed by atoms with van der Waals surface area (Å²) in [6, 6.07) is 18.6. The molecule has 2 aromatic carbocycles. The Morgan fingerprint density at radius 2 is 1.81 bits per heavy atom. The van der Waals surface area contributed by atoms with Gasteiger partial charge in [0, 0.05) is 6.20 Å². The van der Waals surface area contributed by atoms with E-state index in [1.165, 1.54) is 0 Å². The lowest BCUT2D eigenvalue weighted by Crippen LogP contribution is -2.14. The first-order valence-corrected chi connectivity index (χ1v) is 10.3. The number of anilines is 1. The molecule has 0 bridgehead atoms. The van der Waals surface area contributed by atoms with Gasteiger partial charge in [0.15, 0.2) is 0 Å². The third-order valence-electron chi connectivity index (χ3n) is 4.68. The lowest BCUT2D eigenvalue weighted by Gasteiger charge is -2.13. The van der Waals surface area contributed by atoms with E-state index in [0.29, 0.717) is 24.7 Å². The van der Waals surface area contributed by atoms with Gasteiger partial charge in [0.25, 0.3) is 5.91 Å². The van der Waals surface area contributed by atoms with Crippen LogP contribution in [-0.4, -0.2) is 17.5 Å². The number of aryl methyl sites for hydroxylation is 2. The molecule has 0 aliphatic rings. The van der Waals surface area contributed by atoms with Crippen molar-refractivity contribution in [2.45, 2.75) is 27.4 Å². The Kier molecular flexibility index (Phi) is 7.60. The van der Waals surface area contributed by atoms with Gasteiger partial charge in [0.1, 0.15) is 29.7 Å². The second-order valence-corrected chi connectivity index (χ2v) is 7.15. The maximum Gasteiger partial charge on any atom is 0.266 e. The molecule has 6 nitrogen and oxygen atoms in total. The smallest absolute Gasteiger partial charge is 0.266 e. The molecule has 0 atom stereocenters. The molecule has 0 spiro atoms. The molecule has 0 aliphatic heterocycles. The fraction of sp³-hybridized carbons (Fsp3) is 0.192. The number of hydrogen-bond acceptors (Lipinski definition) is 5. The van der Waals surface area contributed by atoms with E-state index in [0.717, 1.165) is 28.1 Å². The molecule has 1 heterocycles. The number of benzene rings is 2. The van der Waals surface area contributed by atoms with Crippen LogP contribution in [0, 0.1) is 25.2 Å². The number of hydrogen-bond donors (Lipinski definition) is 1. The Labute approximate surface area is 188 Å². The second kappa shape index (κ2) is 10.8. The number of nitrogens with one attached hydrogen (secondary N) is 1. The highest BCUT2D eigenvalue weighted by Gasteiger charge is 2.14. The number of rotatable bonds is 8. The van der Waals surface area contributed by atoms with Gasteiger partial charge in [0.05, 0.1) is 18.0 Å². The first kappa shape index (κ1) is 22.6. The van der Waals surface area contributed by atoms with E-state index >= 15 is 0 Å². The quantitative estimate of drug-likeness (QED) is 0.393. The van der Waals surface area contributed by atoms with Gasteiger partial charge in [-0.15, -0.1) is 0 Å². The molecule has 0 fully saturated rings. The number of carbonyl (C=O) groups excluding carboxylic acids is 1. The summed E-state index contributed by atoms with van der Waals surface area (Å²) < 4.78 is 11.5. The molecule has 0 radical (unpaired) electrons. The highest BCUT2D eigenvalue weighted by atomic mass is 16.5. The molecule has 6 heteroatoms. The van der Waals surface area contributed by atoms with Crippen molar-refractivity contribution in [1.82, 2.24) is 4.98 Å². The molecular weight excluding hydrogens is 402 g/mol. The number of nitriles is 1. The maximum atomic E-state index is 12.7. The summed E-state index contributed by atoms with van der Waals surface area (Å²) in [6.45, 7) is 6.57. The minimum Gasteiger partial charge on any atom is -0.492 e. The predicted molar refractivity (Wildman–Crippen MR) is 124 cm³/mol. The van der Waals surface area contributed by atoms with E-state index in [9.17, 15) is 10.1 Å². The Hall–Kier alpha value is -4.11. The number of aromatic nitrogens is 1. The van der Waals surface area contributed by atoms with Crippen LogP contribution in [0.25, 0.3) is 6.08 Å². The molecule has 162 valence electrons. The third kappa shape index (κ3) is 5.73. The Balaban J connectivity index is 1.78. The molecule has 1 N–H and O–H groups in total. The van der Waals surface area contributed by atoms with Gasteiger partial charge in [0.2, 0.25) is 0 Å². The topological polar surface area (TPSA) is 84.2 Å². The van der Waals surface area contributed by atoms with Crippen molar-refractivity contribution < 1.29 is 14.3 Å². The lowest BCUT2D eigenvalue weighted by molar-refractivity contribution is -0.112. The lowest BCUT2D eigenvalue weighted by atomic mass is 10.0. The molecule has 1 amide bonds. The van der Waals surface area contributed by atoms with Gasteiger partial charge >= 0.3 is 0 Å². The Morgan fingerprint density at radius 3 is 2.47 bits per heavy atom. The van der Waals surface area contributed by atoms with Crippen LogP contribution in [0.15, 0.2) is 66.4 Å². The molecule has 32 heavy (non-hydrogen) atoms. The van der Waals surface area contributed by atoms with Crippen molar-refractivity contribution in [3.63, 3.8) is 0 Å². The number of carbonyl (C=O) groups is 1. The van der Waals surface area contributed by atoms with E-state index in [4.69, 9.17) is 9.47 Å². The van der Waals surface area contributed by atoms with Gasteiger partial charge in [-0.1, -0.05) is 18.2 Å². The molecule has 0 saturated carbocycles. The monoisotopic (exact) mass is 427 g/mol. The zero-order chi connectivity index (χ0) is 22.9. The summed E-state index contributed by atoms with van der Waals surface area (Å²) in [7, 11) is 0. The number of nitrogens with zero attached hydrogens (tertiary/aromatic N) is 2. The molecule has 1 aromatic heterocycles. The molecule has 3 aromatic rings. The minimum atomic E-state index is -0.495. The predicted octanol–water partition coefficient (Wildman–Crippen LogP) is 5.22. The van der Waals surface area contributed by atoms with Crippen LogP contribution in [0.1, 0.15) is 29.3 Å². The number of ether oxygens (including phenoxy) is 2. The third-order valence-corrected chi connectivity index (χ3v) is 4.68. The largest absolute Gasteiger partial charge is 0.492 e. The van der Waals surface area contributed by atoms with E-state index in [1.54, 1.807) is 30.5 Å². The minimum absolute atomic E-state index is 0.00254. The van der Waals surface area contributed by atoms with E-state index in [1.807, 2.05) is 63.2 Å². The number of pyridine rings is 1. The zero-order valence-corrected chi connectivity index (χ0v) is 18.4. The average Bonchev–Trinajstić information content (AvgIpc) is 2.79. The summed E-state index contributed by atoms with van der Waals surface area (Å²) in [5, 5.41) is 12.3. The zero-order valence-electron chi connectivity index (χ0n) is 18.4. The molecular formula is C26H25N3O3. The van der Waals surface area contributed by atoms with Crippen molar-refractivity contribution in [2.75, 3.05) is 11.9 Å². The fourth-order valence-corrected chi connectivity index (χ4v) is 3.28. The van der Waals surface area contributed by atoms with Crippen LogP contribution in [0.2, 0.25) is 0 Å². The van der Waals surface area contributed by atoms with Crippen LogP contribution in [0.3, 0.4) is 0 Å². The van der Waals surface area contributed by atoms with E-state index in [-0.39, 0.29) is 5.57 Å². The first-order valence-electron chi connectivity index (χ1n) is 10.3. The highest BCUT2D eigenvalue weighted by Crippen LogP contribution is 2.27. The molecule has 0 unspecified atom stereocenters. The second-order valence-electron chi connectivity index (χ2n) is 7.15. The van der Waals surface area contributed by atoms with Gasteiger partial charge in [-0.3, -0.25) is 9.78 Å². The Morgan fingerprint density at radius 1 is 1.09 bits per heavy atom. The Bertz CT molecular complexity index is 1140. The van der Waals surface area contributed by atoms with Gasteiger partial charge < -0.3 is 14.8 Å². The van der Waals surface area contributed by atoms with Gasteiger partial charge in [-0.2, -0.15) is 5.26 Å². The standard InChI is InChI=1S/C26H25N3O3/c1-4-31-24-11-6-5-10-23(24)29-26(30)21(16-27)15-20-13-18(2)25(19(3)14-20)32-17-22-9-7-8-12-28-22/h5-15H,4,17H2,1-3H3,(H,29,30)/b21-15+. The van der Waals surface area contributed by atoms with Crippen molar-refractivity contribution in [2.24, 2.45) is 0 Å². The molecule has 0 aliphatic carbocycles. The average molecular weight is 428 g/mol. The number of amides is 1. The summed E-state index contributed by atoms with van der Waals surface area (Å²) in [5.74, 6) is 0.827. The van der Waals surface area contributed by atoms with Crippen molar-refractivity contribution in [3.8, 4) is 17.6 Å². The molecule has 3 rings (SSSR count). The van der Waals surface area contributed by atoms with Crippen molar-refractivity contribution in [1.29, 1.82) is 5.26 Å². The van der Waals surface area contributed by atoms with Crippen LogP contribution in [0.4, 0.5) is 5.69 Å². The van der Waals surface area contributed by atoms with Crippen LogP contribution in [-0.2, 0) is 11.4 Å². The van der Waals surface area contributed by atoms with Crippen molar-refractivity contribution in [3.05, 3.63) is 88.8 Å². The highest BCUT2D eigenvalue weighted by molar-refractivity contribution is 6.10. The molecule has 0 saturated heterocycles.